The highest BCUT2D eigenvalue weighted by Crippen LogP contribution is 2.13. The first kappa shape index (κ1) is 7.96. The average Bonchev–Trinajstić information content (AvgIpc) is 2.06. The van der Waals surface area contributed by atoms with Crippen LogP contribution in [0.1, 0.15) is 0 Å². The quantitative estimate of drug-likeness (QED) is 0.219. The van der Waals surface area contributed by atoms with Gasteiger partial charge in [0.2, 0.25) is 0 Å². The van der Waals surface area contributed by atoms with Crippen LogP contribution in [0.2, 0.25) is 0 Å². The smallest absolute Gasteiger partial charge is 0.358 e. The minimum absolute atomic E-state index is 0.253. The summed E-state index contributed by atoms with van der Waals surface area (Å²) in [6, 6.07) is 2.49. The van der Waals surface area contributed by atoms with Gasteiger partial charge >= 0.3 is 5.82 Å². The van der Waals surface area contributed by atoms with Crippen molar-refractivity contribution in [2.75, 3.05) is 0 Å². The van der Waals surface area contributed by atoms with E-state index in [0.29, 0.717) is 0 Å². The van der Waals surface area contributed by atoms with E-state index in [4.69, 9.17) is 5.53 Å². The summed E-state index contributed by atoms with van der Waals surface area (Å²) in [7, 11) is 0. The number of nitro groups is 1. The topological polar surface area (TPSA) is 105 Å². The summed E-state index contributed by atoms with van der Waals surface area (Å²) in [4.78, 5) is 15.4. The van der Waals surface area contributed by atoms with Gasteiger partial charge in [-0.1, -0.05) is 5.11 Å². The van der Waals surface area contributed by atoms with Crippen LogP contribution in [0.25, 0.3) is 10.4 Å². The highest BCUT2D eigenvalue weighted by atomic mass is 16.6. The molecule has 7 nitrogen and oxygen atoms in total. The Kier molecular flexibility index (Phi) is 2.20. The van der Waals surface area contributed by atoms with E-state index in [2.05, 4.69) is 15.0 Å². The van der Waals surface area contributed by atoms with E-state index in [0.717, 1.165) is 6.20 Å². The normalized spacial score (nSPS) is 8.67. The number of nitrogens with zero attached hydrogens (tertiary/aromatic N) is 5. The third-order valence-corrected chi connectivity index (χ3v) is 1.08. The molecule has 1 aromatic rings. The first-order chi connectivity index (χ1) is 5.74. The van der Waals surface area contributed by atoms with Crippen molar-refractivity contribution < 1.29 is 4.92 Å². The predicted molar refractivity (Wildman–Crippen MR) is 39.7 cm³/mol. The molecular weight excluding hydrogens is 162 g/mol. The van der Waals surface area contributed by atoms with Crippen LogP contribution < -0.4 is 0 Å². The Labute approximate surface area is 66.4 Å². The van der Waals surface area contributed by atoms with Crippen LogP contribution in [0.3, 0.4) is 0 Å². The van der Waals surface area contributed by atoms with Crippen LogP contribution in [0.15, 0.2) is 23.4 Å². The largest absolute Gasteiger partial charge is 0.363 e. The summed E-state index contributed by atoms with van der Waals surface area (Å²) in [5, 5.41) is 13.3. The van der Waals surface area contributed by atoms with Crippen LogP contribution in [0.4, 0.5) is 11.5 Å². The highest BCUT2D eigenvalue weighted by Gasteiger charge is 2.04. The summed E-state index contributed by atoms with van der Waals surface area (Å²) in [5.41, 5.74) is 8.25. The van der Waals surface area contributed by atoms with E-state index in [9.17, 15) is 10.1 Å². The lowest BCUT2D eigenvalue weighted by atomic mass is 10.4. The molecule has 7 heteroatoms. The minimum atomic E-state index is -0.625. The molecule has 0 saturated carbocycles. The summed E-state index contributed by atoms with van der Waals surface area (Å²) >= 11 is 0. The van der Waals surface area contributed by atoms with Gasteiger partial charge in [-0.2, -0.15) is 0 Å². The molecule has 1 aromatic heterocycles. The molecule has 0 aliphatic heterocycles. The Balaban J connectivity index is 3.00. The molecule has 0 radical (unpaired) electrons. The fourth-order valence-corrected chi connectivity index (χ4v) is 0.597. The first-order valence-corrected chi connectivity index (χ1v) is 2.89. The van der Waals surface area contributed by atoms with Crippen LogP contribution >= 0.6 is 0 Å². The molecule has 0 N–H and O–H groups in total. The molecule has 0 fully saturated rings. The summed E-state index contributed by atoms with van der Waals surface area (Å²) in [6.07, 6.45) is 1.14. The molecule has 0 spiro atoms. The zero-order chi connectivity index (χ0) is 8.97. The molecule has 0 unspecified atom stereocenters. The SMILES string of the molecule is [N-]=[N+]=Nc1ccc([N+](=O)[O-])nc1. The summed E-state index contributed by atoms with van der Waals surface area (Å²) < 4.78 is 0. The van der Waals surface area contributed by atoms with Gasteiger partial charge in [0.05, 0.1) is 5.69 Å². The Morgan fingerprint density at radius 1 is 1.67 bits per heavy atom. The molecule has 0 amide bonds. The molecule has 12 heavy (non-hydrogen) atoms. The Hall–Kier alpha value is -2.14. The van der Waals surface area contributed by atoms with Crippen LogP contribution in [0.5, 0.6) is 0 Å². The van der Waals surface area contributed by atoms with Crippen molar-refractivity contribution in [1.82, 2.24) is 4.98 Å². The van der Waals surface area contributed by atoms with Gasteiger partial charge in [-0.25, -0.2) is 0 Å². The van der Waals surface area contributed by atoms with Crippen molar-refractivity contribution in [3.8, 4) is 0 Å². The van der Waals surface area contributed by atoms with E-state index >= 15 is 0 Å². The van der Waals surface area contributed by atoms with Gasteiger partial charge in [-0.05, 0) is 21.5 Å². The number of aromatic nitrogens is 1. The minimum Gasteiger partial charge on any atom is -0.358 e. The molecule has 0 atom stereocenters. The lowest BCUT2D eigenvalue weighted by Gasteiger charge is -1.89. The number of rotatable bonds is 2. The third-order valence-electron chi connectivity index (χ3n) is 1.08. The van der Waals surface area contributed by atoms with E-state index < -0.39 is 4.92 Å². The van der Waals surface area contributed by atoms with Crippen molar-refractivity contribution in [2.45, 2.75) is 0 Å². The van der Waals surface area contributed by atoms with Gasteiger partial charge in [-0.3, -0.25) is 0 Å². The van der Waals surface area contributed by atoms with E-state index in [1.807, 2.05) is 0 Å². The molecule has 0 aliphatic carbocycles. The van der Waals surface area contributed by atoms with Gasteiger partial charge in [-0.15, -0.1) is 0 Å². The monoisotopic (exact) mass is 165 g/mol. The molecule has 0 saturated heterocycles. The van der Waals surface area contributed by atoms with Crippen LogP contribution in [-0.4, -0.2) is 9.91 Å². The number of hydrogen-bond donors (Lipinski definition) is 0. The van der Waals surface area contributed by atoms with Gasteiger partial charge in [0.25, 0.3) is 0 Å². The predicted octanol–water partition coefficient (Wildman–Crippen LogP) is 1.93. The molecule has 1 rings (SSSR count). The second-order valence-electron chi connectivity index (χ2n) is 1.82. The van der Waals surface area contributed by atoms with E-state index in [1.54, 1.807) is 0 Å². The molecule has 1 heterocycles. The van der Waals surface area contributed by atoms with Gasteiger partial charge < -0.3 is 10.1 Å². The fraction of sp³-hybridized carbons (Fsp3) is 0. The lowest BCUT2D eigenvalue weighted by Crippen LogP contribution is -1.89. The van der Waals surface area contributed by atoms with Gasteiger partial charge in [0, 0.05) is 11.0 Å². The highest BCUT2D eigenvalue weighted by molar-refractivity contribution is 5.37. The van der Waals surface area contributed by atoms with E-state index in [1.165, 1.54) is 12.1 Å². The van der Waals surface area contributed by atoms with Gasteiger partial charge in [0.1, 0.15) is 6.20 Å². The average molecular weight is 165 g/mol. The molecule has 0 aromatic carbocycles. The van der Waals surface area contributed by atoms with Gasteiger partial charge in [0.15, 0.2) is 0 Å². The van der Waals surface area contributed by atoms with Crippen molar-refractivity contribution in [2.24, 2.45) is 5.11 Å². The zero-order valence-corrected chi connectivity index (χ0v) is 5.78. The molecule has 60 valence electrons. The summed E-state index contributed by atoms with van der Waals surface area (Å²) in [5.74, 6) is -0.271. The third kappa shape index (κ3) is 1.68. The molecule has 0 bridgehead atoms. The maximum atomic E-state index is 10.1. The second-order valence-corrected chi connectivity index (χ2v) is 1.82. The first-order valence-electron chi connectivity index (χ1n) is 2.89. The zero-order valence-electron chi connectivity index (χ0n) is 5.78. The lowest BCUT2D eigenvalue weighted by molar-refractivity contribution is -0.389. The second kappa shape index (κ2) is 3.31. The van der Waals surface area contributed by atoms with Crippen molar-refractivity contribution in [1.29, 1.82) is 0 Å². The summed E-state index contributed by atoms with van der Waals surface area (Å²) in [6.45, 7) is 0. The van der Waals surface area contributed by atoms with E-state index in [-0.39, 0.29) is 11.5 Å². The van der Waals surface area contributed by atoms with Crippen molar-refractivity contribution >= 4 is 11.5 Å². The maximum absolute atomic E-state index is 10.1. The maximum Gasteiger partial charge on any atom is 0.363 e. The Bertz CT molecular complexity index is 318. The number of pyridine rings is 1. The van der Waals surface area contributed by atoms with Crippen molar-refractivity contribution in [3.63, 3.8) is 0 Å². The van der Waals surface area contributed by atoms with Crippen LogP contribution in [0, 0.1) is 10.1 Å². The Morgan fingerprint density at radius 2 is 2.42 bits per heavy atom. The molecule has 0 aliphatic rings. The van der Waals surface area contributed by atoms with Crippen LogP contribution in [-0.2, 0) is 0 Å². The fourth-order valence-electron chi connectivity index (χ4n) is 0.597. The standard InChI is InChI=1S/C5H3N5O2/c6-9-8-4-1-2-5(7-3-4)10(11)12/h1-3H. The Morgan fingerprint density at radius 3 is 2.83 bits per heavy atom. The number of hydrogen-bond acceptors (Lipinski definition) is 4. The number of azide groups is 1. The molecular formula is C5H3N5O2. The van der Waals surface area contributed by atoms with Crippen molar-refractivity contribution in [3.05, 3.63) is 38.9 Å².